The molecule has 3 fully saturated rings. The SMILES string of the molecule is CCn1cnnc1C1CN(C(=O)CCC2CCCCC2)CC12CCCC2. The Morgan fingerprint density at radius 2 is 1.96 bits per heavy atom. The zero-order valence-electron chi connectivity index (χ0n) is 16.3. The molecule has 1 unspecified atom stereocenters. The average Bonchev–Trinajstić information content (AvgIpc) is 3.41. The van der Waals surface area contributed by atoms with Gasteiger partial charge >= 0.3 is 0 Å². The maximum atomic E-state index is 13.0. The van der Waals surface area contributed by atoms with Gasteiger partial charge in [0.1, 0.15) is 12.2 Å². The highest BCUT2D eigenvalue weighted by Crippen LogP contribution is 2.53. The van der Waals surface area contributed by atoms with E-state index in [9.17, 15) is 4.79 Å². The molecule has 2 saturated carbocycles. The number of amides is 1. The van der Waals surface area contributed by atoms with Crippen LogP contribution >= 0.6 is 0 Å². The molecule has 1 aromatic heterocycles. The smallest absolute Gasteiger partial charge is 0.222 e. The number of hydrogen-bond acceptors (Lipinski definition) is 3. The lowest BCUT2D eigenvalue weighted by Crippen LogP contribution is -2.31. The number of nitrogens with zero attached hydrogens (tertiary/aromatic N) is 4. The van der Waals surface area contributed by atoms with E-state index in [2.05, 4.69) is 26.6 Å². The summed E-state index contributed by atoms with van der Waals surface area (Å²) in [6, 6.07) is 0. The monoisotopic (exact) mass is 358 g/mol. The maximum absolute atomic E-state index is 13.0. The molecule has 3 aliphatic rings. The van der Waals surface area contributed by atoms with Crippen LogP contribution < -0.4 is 0 Å². The number of likely N-dealkylation sites (tertiary alicyclic amines) is 1. The minimum atomic E-state index is 0.250. The molecule has 5 heteroatoms. The Labute approximate surface area is 157 Å². The Bertz CT molecular complexity index is 613. The van der Waals surface area contributed by atoms with Crippen molar-refractivity contribution < 1.29 is 4.79 Å². The van der Waals surface area contributed by atoms with Crippen molar-refractivity contribution in [2.24, 2.45) is 11.3 Å². The molecular weight excluding hydrogens is 324 g/mol. The van der Waals surface area contributed by atoms with Gasteiger partial charge in [-0.1, -0.05) is 44.9 Å². The van der Waals surface area contributed by atoms with Crippen LogP contribution in [-0.2, 0) is 11.3 Å². The average molecular weight is 359 g/mol. The first-order valence-corrected chi connectivity index (χ1v) is 10.9. The topological polar surface area (TPSA) is 51.0 Å². The lowest BCUT2D eigenvalue weighted by molar-refractivity contribution is -0.131. The van der Waals surface area contributed by atoms with Gasteiger partial charge in [0, 0.05) is 32.0 Å². The highest BCUT2D eigenvalue weighted by atomic mass is 16.2. The van der Waals surface area contributed by atoms with Gasteiger partial charge in [0.05, 0.1) is 0 Å². The van der Waals surface area contributed by atoms with E-state index >= 15 is 0 Å². The molecule has 26 heavy (non-hydrogen) atoms. The quantitative estimate of drug-likeness (QED) is 0.795. The molecule has 0 aromatic carbocycles. The Morgan fingerprint density at radius 3 is 2.69 bits per heavy atom. The van der Waals surface area contributed by atoms with Crippen molar-refractivity contribution in [2.75, 3.05) is 13.1 Å². The van der Waals surface area contributed by atoms with Gasteiger partial charge in [-0.3, -0.25) is 4.79 Å². The molecule has 2 heterocycles. The number of aryl methyl sites for hydroxylation is 1. The normalized spacial score (nSPS) is 26.0. The van der Waals surface area contributed by atoms with Gasteiger partial charge in [0.2, 0.25) is 5.91 Å². The first-order chi connectivity index (χ1) is 12.7. The van der Waals surface area contributed by atoms with Gasteiger partial charge in [0.15, 0.2) is 0 Å². The number of hydrogen-bond donors (Lipinski definition) is 0. The maximum Gasteiger partial charge on any atom is 0.222 e. The molecule has 1 aromatic rings. The van der Waals surface area contributed by atoms with Crippen molar-refractivity contribution in [2.45, 2.75) is 90.0 Å². The van der Waals surface area contributed by atoms with Gasteiger partial charge in [-0.05, 0) is 37.5 Å². The number of carbonyl (C=O) groups excluding carboxylic acids is 1. The van der Waals surface area contributed by atoms with Crippen LogP contribution in [0.3, 0.4) is 0 Å². The summed E-state index contributed by atoms with van der Waals surface area (Å²) in [5.41, 5.74) is 0.250. The number of rotatable bonds is 5. The molecule has 2 aliphatic carbocycles. The summed E-state index contributed by atoms with van der Waals surface area (Å²) >= 11 is 0. The number of carbonyl (C=O) groups is 1. The minimum Gasteiger partial charge on any atom is -0.341 e. The molecule has 1 aliphatic heterocycles. The van der Waals surface area contributed by atoms with Gasteiger partial charge in [0.25, 0.3) is 0 Å². The molecule has 144 valence electrons. The van der Waals surface area contributed by atoms with Crippen molar-refractivity contribution in [1.82, 2.24) is 19.7 Å². The molecule has 1 saturated heterocycles. The second-order valence-electron chi connectivity index (χ2n) is 8.91. The van der Waals surface area contributed by atoms with E-state index in [-0.39, 0.29) is 5.41 Å². The Kier molecular flexibility index (Phi) is 5.32. The Morgan fingerprint density at radius 1 is 1.19 bits per heavy atom. The van der Waals surface area contributed by atoms with Gasteiger partial charge in [-0.2, -0.15) is 0 Å². The van der Waals surface area contributed by atoms with Crippen molar-refractivity contribution in [1.29, 1.82) is 0 Å². The number of aromatic nitrogens is 3. The van der Waals surface area contributed by atoms with Crippen LogP contribution in [0.5, 0.6) is 0 Å². The summed E-state index contributed by atoms with van der Waals surface area (Å²) in [4.78, 5) is 15.2. The van der Waals surface area contributed by atoms with E-state index in [1.807, 2.05) is 6.33 Å². The van der Waals surface area contributed by atoms with E-state index in [4.69, 9.17) is 0 Å². The lowest BCUT2D eigenvalue weighted by Gasteiger charge is -2.29. The molecule has 5 nitrogen and oxygen atoms in total. The summed E-state index contributed by atoms with van der Waals surface area (Å²) in [6.07, 6.45) is 15.5. The zero-order valence-corrected chi connectivity index (χ0v) is 16.3. The predicted octanol–water partition coefficient (Wildman–Crippen LogP) is 4.14. The molecule has 1 amide bonds. The standard InChI is InChI=1S/C21H34N4O/c1-2-24-16-22-23-20(24)18-14-25(15-21(18)12-6-7-13-21)19(26)11-10-17-8-4-3-5-9-17/h16-18H,2-15H2,1H3. The first kappa shape index (κ1) is 18.0. The fourth-order valence-corrected chi connectivity index (χ4v) is 5.84. The van der Waals surface area contributed by atoms with Crippen molar-refractivity contribution >= 4 is 5.91 Å². The lowest BCUT2D eigenvalue weighted by atomic mass is 9.76. The Balaban J connectivity index is 1.44. The zero-order chi connectivity index (χ0) is 18.0. The van der Waals surface area contributed by atoms with Crippen LogP contribution in [0.2, 0.25) is 0 Å². The van der Waals surface area contributed by atoms with Crippen molar-refractivity contribution in [3.8, 4) is 0 Å². The molecule has 0 N–H and O–H groups in total. The summed E-state index contributed by atoms with van der Waals surface area (Å²) in [6.45, 7) is 4.85. The third-order valence-corrected chi connectivity index (χ3v) is 7.39. The van der Waals surface area contributed by atoms with E-state index < -0.39 is 0 Å². The van der Waals surface area contributed by atoms with E-state index in [0.29, 0.717) is 11.8 Å². The van der Waals surface area contributed by atoms with Crippen molar-refractivity contribution in [3.63, 3.8) is 0 Å². The fourth-order valence-electron chi connectivity index (χ4n) is 5.84. The first-order valence-electron chi connectivity index (χ1n) is 10.9. The summed E-state index contributed by atoms with van der Waals surface area (Å²) in [5.74, 6) is 2.64. The third-order valence-electron chi connectivity index (χ3n) is 7.39. The van der Waals surface area contributed by atoms with Crippen LogP contribution in [0, 0.1) is 11.3 Å². The van der Waals surface area contributed by atoms with Crippen LogP contribution in [0.25, 0.3) is 0 Å². The van der Waals surface area contributed by atoms with E-state index in [1.165, 1.54) is 57.8 Å². The summed E-state index contributed by atoms with van der Waals surface area (Å²) in [5, 5.41) is 8.65. The van der Waals surface area contributed by atoms with Crippen LogP contribution in [0.1, 0.15) is 89.3 Å². The van der Waals surface area contributed by atoms with Gasteiger partial charge in [-0.25, -0.2) is 0 Å². The summed E-state index contributed by atoms with van der Waals surface area (Å²) < 4.78 is 2.18. The highest BCUT2D eigenvalue weighted by molar-refractivity contribution is 5.76. The van der Waals surface area contributed by atoms with Crippen LogP contribution in [-0.4, -0.2) is 38.7 Å². The van der Waals surface area contributed by atoms with Gasteiger partial charge < -0.3 is 9.47 Å². The fraction of sp³-hybridized carbons (Fsp3) is 0.857. The minimum absolute atomic E-state index is 0.250. The molecule has 4 rings (SSSR count). The summed E-state index contributed by atoms with van der Waals surface area (Å²) in [7, 11) is 0. The molecule has 0 radical (unpaired) electrons. The Hall–Kier alpha value is -1.39. The predicted molar refractivity (Wildman–Crippen MR) is 102 cm³/mol. The van der Waals surface area contributed by atoms with Gasteiger partial charge in [-0.15, -0.1) is 10.2 Å². The second kappa shape index (κ2) is 7.69. The van der Waals surface area contributed by atoms with Crippen LogP contribution in [0.15, 0.2) is 6.33 Å². The highest BCUT2D eigenvalue weighted by Gasteiger charge is 2.51. The molecule has 1 atom stereocenters. The molecule has 1 spiro atoms. The van der Waals surface area contributed by atoms with E-state index in [1.54, 1.807) is 0 Å². The molecule has 0 bridgehead atoms. The largest absolute Gasteiger partial charge is 0.341 e. The second-order valence-corrected chi connectivity index (χ2v) is 8.91. The van der Waals surface area contributed by atoms with Crippen molar-refractivity contribution in [3.05, 3.63) is 12.2 Å². The van der Waals surface area contributed by atoms with E-state index in [0.717, 1.165) is 44.2 Å². The molecular formula is C21H34N4O. The third kappa shape index (κ3) is 3.41. The van der Waals surface area contributed by atoms with Crippen LogP contribution in [0.4, 0.5) is 0 Å².